The number of halogens is 3. The lowest BCUT2D eigenvalue weighted by molar-refractivity contribution is -0.274. The van der Waals surface area contributed by atoms with Crippen LogP contribution in [-0.2, 0) is 0 Å². The molecule has 1 aliphatic carbocycles. The predicted octanol–water partition coefficient (Wildman–Crippen LogP) is 3.76. The predicted molar refractivity (Wildman–Crippen MR) is 66.4 cm³/mol. The molecule has 3 nitrogen and oxygen atoms in total. The van der Waals surface area contributed by atoms with Gasteiger partial charge in [-0.1, -0.05) is 12.8 Å². The minimum atomic E-state index is -4.67. The molecule has 0 aromatic heterocycles. The molecule has 19 heavy (non-hydrogen) atoms. The highest BCUT2D eigenvalue weighted by atomic mass is 19.4. The van der Waals surface area contributed by atoms with E-state index in [1.54, 1.807) is 0 Å². The Morgan fingerprint density at radius 2 is 1.74 bits per heavy atom. The maximum Gasteiger partial charge on any atom is 0.573 e. The van der Waals surface area contributed by atoms with Gasteiger partial charge < -0.3 is 10.5 Å². The first kappa shape index (κ1) is 13.7. The summed E-state index contributed by atoms with van der Waals surface area (Å²) in [7, 11) is 0. The highest BCUT2D eigenvalue weighted by Gasteiger charge is 2.30. The minimum absolute atomic E-state index is 0.258. The van der Waals surface area contributed by atoms with Crippen LogP contribution in [0.25, 0.3) is 0 Å². The summed E-state index contributed by atoms with van der Waals surface area (Å²) < 4.78 is 39.7. The molecule has 6 heteroatoms. The van der Waals surface area contributed by atoms with Crippen LogP contribution in [0.2, 0.25) is 0 Å². The van der Waals surface area contributed by atoms with Crippen LogP contribution in [0, 0.1) is 5.92 Å². The van der Waals surface area contributed by atoms with Crippen molar-refractivity contribution in [1.29, 1.82) is 0 Å². The molecule has 0 saturated heterocycles. The fourth-order valence-corrected chi connectivity index (χ4v) is 2.18. The van der Waals surface area contributed by atoms with Gasteiger partial charge in [0.2, 0.25) is 0 Å². The first-order chi connectivity index (χ1) is 8.94. The van der Waals surface area contributed by atoms with Crippen molar-refractivity contribution in [3.63, 3.8) is 0 Å². The van der Waals surface area contributed by atoms with E-state index in [0.717, 1.165) is 25.7 Å². The van der Waals surface area contributed by atoms with Crippen LogP contribution in [0.1, 0.15) is 25.7 Å². The van der Waals surface area contributed by atoms with E-state index < -0.39 is 6.36 Å². The number of alkyl halides is 3. The first-order valence-corrected chi connectivity index (χ1v) is 6.14. The number of benzene rings is 1. The van der Waals surface area contributed by atoms with Crippen molar-refractivity contribution in [3.8, 4) is 5.75 Å². The molecule has 1 aromatic carbocycles. The lowest BCUT2D eigenvalue weighted by Crippen LogP contribution is -2.20. The van der Waals surface area contributed by atoms with Gasteiger partial charge >= 0.3 is 6.36 Å². The van der Waals surface area contributed by atoms with Gasteiger partial charge in [-0.2, -0.15) is 0 Å². The Hall–Kier alpha value is -1.72. The molecule has 1 saturated carbocycles. The van der Waals surface area contributed by atoms with Gasteiger partial charge in [0.05, 0.1) is 5.69 Å². The minimum Gasteiger partial charge on any atom is -0.406 e. The molecule has 0 heterocycles. The van der Waals surface area contributed by atoms with Crippen molar-refractivity contribution in [1.82, 2.24) is 0 Å². The maximum atomic E-state index is 12.0. The first-order valence-electron chi connectivity index (χ1n) is 6.14. The van der Waals surface area contributed by atoms with Gasteiger partial charge in [0.15, 0.2) is 0 Å². The van der Waals surface area contributed by atoms with E-state index >= 15 is 0 Å². The zero-order chi connectivity index (χ0) is 13.9. The van der Waals surface area contributed by atoms with Crippen molar-refractivity contribution in [2.24, 2.45) is 16.6 Å². The molecule has 0 aliphatic heterocycles. The quantitative estimate of drug-likeness (QED) is 0.672. The van der Waals surface area contributed by atoms with Crippen molar-refractivity contribution in [2.45, 2.75) is 32.0 Å². The molecule has 1 fully saturated rings. The number of ether oxygens (including phenoxy) is 1. The number of aliphatic imine (C=N–C) groups is 1. The lowest BCUT2D eigenvalue weighted by Gasteiger charge is -2.10. The van der Waals surface area contributed by atoms with Gasteiger partial charge in [0.25, 0.3) is 0 Å². The Morgan fingerprint density at radius 3 is 2.26 bits per heavy atom. The van der Waals surface area contributed by atoms with E-state index in [2.05, 4.69) is 9.73 Å². The number of nitrogens with two attached hydrogens (primary N) is 1. The Balaban J connectivity index is 2.03. The van der Waals surface area contributed by atoms with E-state index in [4.69, 9.17) is 5.73 Å². The van der Waals surface area contributed by atoms with Crippen LogP contribution in [0.15, 0.2) is 29.3 Å². The molecule has 1 aromatic rings. The molecule has 0 radical (unpaired) electrons. The van der Waals surface area contributed by atoms with Crippen LogP contribution in [0.4, 0.5) is 18.9 Å². The standard InChI is InChI=1S/C13H15F3N2O/c14-13(15,16)19-11-7-5-10(6-8-11)18-12(17)9-3-1-2-4-9/h5-9H,1-4H2,(H2,17,18). The third kappa shape index (κ3) is 4.15. The van der Waals surface area contributed by atoms with Crippen LogP contribution in [0.5, 0.6) is 5.75 Å². The molecule has 0 amide bonds. The third-order valence-electron chi connectivity index (χ3n) is 3.10. The topological polar surface area (TPSA) is 47.6 Å². The lowest BCUT2D eigenvalue weighted by atomic mass is 10.1. The average molecular weight is 272 g/mol. The molecule has 0 atom stereocenters. The number of hydrogen-bond donors (Lipinski definition) is 1. The molecule has 0 spiro atoms. The van der Waals surface area contributed by atoms with E-state index in [-0.39, 0.29) is 5.75 Å². The van der Waals surface area contributed by atoms with Crippen LogP contribution >= 0.6 is 0 Å². The van der Waals surface area contributed by atoms with E-state index in [1.165, 1.54) is 24.3 Å². The monoisotopic (exact) mass is 272 g/mol. The summed E-state index contributed by atoms with van der Waals surface area (Å²) in [4.78, 5) is 4.24. The Morgan fingerprint density at radius 1 is 1.16 bits per heavy atom. The molecular weight excluding hydrogens is 257 g/mol. The molecule has 0 unspecified atom stereocenters. The van der Waals surface area contributed by atoms with Gasteiger partial charge in [-0.05, 0) is 37.1 Å². The molecule has 1 aliphatic rings. The number of rotatable bonds is 3. The fourth-order valence-electron chi connectivity index (χ4n) is 2.18. The number of nitrogens with zero attached hydrogens (tertiary/aromatic N) is 1. The highest BCUT2D eigenvalue weighted by molar-refractivity contribution is 5.85. The summed E-state index contributed by atoms with van der Waals surface area (Å²) >= 11 is 0. The van der Waals surface area contributed by atoms with Crippen molar-refractivity contribution in [3.05, 3.63) is 24.3 Å². The second-order valence-electron chi connectivity index (χ2n) is 4.56. The van der Waals surface area contributed by atoms with Crippen LogP contribution in [-0.4, -0.2) is 12.2 Å². The highest BCUT2D eigenvalue weighted by Crippen LogP contribution is 2.28. The Kier molecular flexibility index (Phi) is 3.97. The average Bonchev–Trinajstić information content (AvgIpc) is 2.83. The number of amidine groups is 1. The second kappa shape index (κ2) is 5.50. The van der Waals surface area contributed by atoms with E-state index in [0.29, 0.717) is 17.4 Å². The third-order valence-corrected chi connectivity index (χ3v) is 3.10. The summed E-state index contributed by atoms with van der Waals surface area (Å²) in [6.07, 6.45) is -0.304. The summed E-state index contributed by atoms with van der Waals surface area (Å²) in [6, 6.07) is 5.38. The summed E-state index contributed by atoms with van der Waals surface area (Å²) in [5.74, 6) is 0.596. The van der Waals surface area contributed by atoms with E-state index in [1.807, 2.05) is 0 Å². The number of hydrogen-bond acceptors (Lipinski definition) is 2. The van der Waals surface area contributed by atoms with Gasteiger partial charge in [-0.3, -0.25) is 0 Å². The van der Waals surface area contributed by atoms with Crippen LogP contribution in [0.3, 0.4) is 0 Å². The van der Waals surface area contributed by atoms with Crippen molar-refractivity contribution >= 4 is 11.5 Å². The normalized spacial score (nSPS) is 17.7. The van der Waals surface area contributed by atoms with E-state index in [9.17, 15) is 13.2 Å². The van der Waals surface area contributed by atoms with Crippen molar-refractivity contribution in [2.75, 3.05) is 0 Å². The molecule has 2 N–H and O–H groups in total. The summed E-state index contributed by atoms with van der Waals surface area (Å²) in [5.41, 5.74) is 6.43. The molecule has 2 rings (SSSR count). The summed E-state index contributed by atoms with van der Waals surface area (Å²) in [5, 5.41) is 0. The largest absolute Gasteiger partial charge is 0.573 e. The summed E-state index contributed by atoms with van der Waals surface area (Å²) in [6.45, 7) is 0. The molecule has 0 bridgehead atoms. The smallest absolute Gasteiger partial charge is 0.406 e. The molecule has 104 valence electrons. The zero-order valence-corrected chi connectivity index (χ0v) is 10.3. The van der Waals surface area contributed by atoms with Crippen LogP contribution < -0.4 is 10.5 Å². The Labute approximate surface area is 109 Å². The maximum absolute atomic E-state index is 12.0. The van der Waals surface area contributed by atoms with Gasteiger partial charge in [-0.15, -0.1) is 13.2 Å². The van der Waals surface area contributed by atoms with Gasteiger partial charge in [0.1, 0.15) is 11.6 Å². The Bertz CT molecular complexity index is 448. The molecular formula is C13H15F3N2O. The van der Waals surface area contributed by atoms with Gasteiger partial charge in [-0.25, -0.2) is 4.99 Å². The van der Waals surface area contributed by atoms with Gasteiger partial charge in [0, 0.05) is 5.92 Å². The SMILES string of the molecule is NC(=Nc1ccc(OC(F)(F)F)cc1)C1CCCC1. The second-order valence-corrected chi connectivity index (χ2v) is 4.56. The fraction of sp³-hybridized carbons (Fsp3) is 0.462. The van der Waals surface area contributed by atoms with Crippen molar-refractivity contribution < 1.29 is 17.9 Å². The zero-order valence-electron chi connectivity index (χ0n) is 10.3.